The Balaban J connectivity index is 1.73. The smallest absolute Gasteiger partial charge is 0.387 e. The molecule has 34 heavy (non-hydrogen) atoms. The third kappa shape index (κ3) is 5.75. The van der Waals surface area contributed by atoms with E-state index in [1.807, 2.05) is 85.8 Å². The second-order valence-electron chi connectivity index (χ2n) is 7.74. The van der Waals surface area contributed by atoms with E-state index in [9.17, 15) is 13.6 Å². The highest BCUT2D eigenvalue weighted by Crippen LogP contribution is 2.29. The Bertz CT molecular complexity index is 1280. The molecule has 0 radical (unpaired) electrons. The van der Waals surface area contributed by atoms with Gasteiger partial charge in [0.05, 0.1) is 0 Å². The number of hydrogen-bond acceptors (Lipinski definition) is 2. The molecule has 1 amide bonds. The maximum absolute atomic E-state index is 13.3. The van der Waals surface area contributed by atoms with Crippen LogP contribution in [0.3, 0.4) is 0 Å². The third-order valence-electron chi connectivity index (χ3n) is 5.29. The molecule has 0 saturated heterocycles. The summed E-state index contributed by atoms with van der Waals surface area (Å²) in [5.74, 6) is -0.359. The van der Waals surface area contributed by atoms with Crippen LogP contribution in [-0.2, 0) is 4.79 Å². The number of hydrogen-bond donors (Lipinski definition) is 1. The topological polar surface area (TPSA) is 38.3 Å². The molecular weight excluding hydrogens is 432 g/mol. The molecule has 4 rings (SSSR count). The number of ether oxygens (including phenoxy) is 1. The molecule has 0 atom stereocenters. The van der Waals surface area contributed by atoms with Crippen molar-refractivity contribution in [3.63, 3.8) is 0 Å². The molecular formula is C29H23F2NO2. The van der Waals surface area contributed by atoms with Gasteiger partial charge in [-0.25, -0.2) is 0 Å². The second-order valence-corrected chi connectivity index (χ2v) is 7.74. The van der Waals surface area contributed by atoms with Gasteiger partial charge in [-0.05, 0) is 47.9 Å². The Morgan fingerprint density at radius 2 is 1.41 bits per heavy atom. The van der Waals surface area contributed by atoms with Crippen LogP contribution in [0.5, 0.6) is 5.75 Å². The van der Waals surface area contributed by atoms with Crippen molar-refractivity contribution in [2.24, 2.45) is 0 Å². The minimum absolute atomic E-state index is 0.000887. The van der Waals surface area contributed by atoms with Crippen molar-refractivity contribution in [2.45, 2.75) is 13.5 Å². The van der Waals surface area contributed by atoms with Gasteiger partial charge in [0.25, 0.3) is 5.91 Å². The lowest BCUT2D eigenvalue weighted by molar-refractivity contribution is -0.111. The molecule has 0 bridgehead atoms. The van der Waals surface area contributed by atoms with Crippen LogP contribution < -0.4 is 10.1 Å². The number of aryl methyl sites for hydroxylation is 1. The van der Waals surface area contributed by atoms with E-state index in [1.165, 1.54) is 6.07 Å². The Labute approximate surface area is 197 Å². The number of benzene rings is 4. The molecule has 0 aliphatic heterocycles. The lowest BCUT2D eigenvalue weighted by atomic mass is 9.98. The van der Waals surface area contributed by atoms with Crippen molar-refractivity contribution in [3.05, 3.63) is 120 Å². The standard InChI is InChI=1S/C29H23F2NO2/c1-20-11-17-25(18-12-20)32-28(33)26(19-24-9-5-6-10-27(24)34-29(30)31)23-15-13-22(14-16-23)21-7-3-2-4-8-21/h2-19,29H,1H3,(H,32,33)/b26-19+. The van der Waals surface area contributed by atoms with Crippen LogP contribution in [0.2, 0.25) is 0 Å². The average Bonchev–Trinajstić information content (AvgIpc) is 2.85. The zero-order valence-electron chi connectivity index (χ0n) is 18.5. The number of carbonyl (C=O) groups is 1. The van der Waals surface area contributed by atoms with E-state index in [1.54, 1.807) is 24.3 Å². The number of alkyl halides is 2. The highest BCUT2D eigenvalue weighted by Gasteiger charge is 2.16. The SMILES string of the molecule is Cc1ccc(NC(=O)/C(=C/c2ccccc2OC(F)F)c2ccc(-c3ccccc3)cc2)cc1. The summed E-state index contributed by atoms with van der Waals surface area (Å²) in [6, 6.07) is 31.3. The van der Waals surface area contributed by atoms with Crippen molar-refractivity contribution in [3.8, 4) is 16.9 Å². The van der Waals surface area contributed by atoms with Crippen molar-refractivity contribution in [1.29, 1.82) is 0 Å². The normalized spacial score (nSPS) is 11.4. The first-order chi connectivity index (χ1) is 16.5. The molecule has 1 N–H and O–H groups in total. The van der Waals surface area contributed by atoms with Gasteiger partial charge in [0.1, 0.15) is 5.75 Å². The maximum Gasteiger partial charge on any atom is 0.387 e. The highest BCUT2D eigenvalue weighted by atomic mass is 19.3. The fourth-order valence-electron chi connectivity index (χ4n) is 3.55. The Kier molecular flexibility index (Phi) is 7.13. The molecule has 0 heterocycles. The molecule has 4 aromatic rings. The van der Waals surface area contributed by atoms with E-state index < -0.39 is 6.61 Å². The van der Waals surface area contributed by atoms with Crippen molar-refractivity contribution >= 4 is 23.2 Å². The fraction of sp³-hybridized carbons (Fsp3) is 0.0690. The van der Waals surface area contributed by atoms with Crippen molar-refractivity contribution in [2.75, 3.05) is 5.32 Å². The number of halogens is 2. The Morgan fingerprint density at radius 1 is 0.794 bits per heavy atom. The van der Waals surface area contributed by atoms with Gasteiger partial charge >= 0.3 is 6.61 Å². The summed E-state index contributed by atoms with van der Waals surface area (Å²) in [6.45, 7) is -1.00. The van der Waals surface area contributed by atoms with E-state index in [0.717, 1.165) is 16.7 Å². The molecule has 4 aromatic carbocycles. The first-order valence-electron chi connectivity index (χ1n) is 10.8. The predicted octanol–water partition coefficient (Wildman–Crippen LogP) is 7.44. The lowest BCUT2D eigenvalue weighted by Gasteiger charge is -2.13. The minimum atomic E-state index is -2.97. The molecule has 170 valence electrons. The van der Waals surface area contributed by atoms with Crippen LogP contribution in [0.15, 0.2) is 103 Å². The quantitative estimate of drug-likeness (QED) is 0.232. The van der Waals surface area contributed by atoms with Gasteiger partial charge in [0, 0.05) is 16.8 Å². The molecule has 0 fully saturated rings. The summed E-state index contributed by atoms with van der Waals surface area (Å²) < 4.78 is 30.5. The highest BCUT2D eigenvalue weighted by molar-refractivity contribution is 6.29. The zero-order chi connectivity index (χ0) is 23.9. The third-order valence-corrected chi connectivity index (χ3v) is 5.29. The number of para-hydroxylation sites is 1. The van der Waals surface area contributed by atoms with Gasteiger partial charge in [-0.15, -0.1) is 0 Å². The van der Waals surface area contributed by atoms with Gasteiger partial charge in [-0.1, -0.05) is 90.5 Å². The predicted molar refractivity (Wildman–Crippen MR) is 133 cm³/mol. The summed E-state index contributed by atoms with van der Waals surface area (Å²) in [5.41, 5.74) is 5.12. The van der Waals surface area contributed by atoms with Gasteiger partial charge in [-0.3, -0.25) is 4.79 Å². The number of amides is 1. The molecule has 0 saturated carbocycles. The number of anilines is 1. The molecule has 0 aromatic heterocycles. The Hall–Kier alpha value is -4.25. The van der Waals surface area contributed by atoms with Crippen LogP contribution in [-0.4, -0.2) is 12.5 Å². The first kappa shape index (κ1) is 22.9. The van der Waals surface area contributed by atoms with Crippen LogP contribution in [0.25, 0.3) is 22.8 Å². The second kappa shape index (κ2) is 10.6. The van der Waals surface area contributed by atoms with E-state index in [2.05, 4.69) is 10.1 Å². The van der Waals surface area contributed by atoms with E-state index >= 15 is 0 Å². The first-order valence-corrected chi connectivity index (χ1v) is 10.8. The average molecular weight is 456 g/mol. The molecule has 0 spiro atoms. The van der Waals surface area contributed by atoms with E-state index in [0.29, 0.717) is 22.4 Å². The molecule has 0 unspecified atom stereocenters. The lowest BCUT2D eigenvalue weighted by Crippen LogP contribution is -2.14. The molecule has 5 heteroatoms. The molecule has 0 aliphatic carbocycles. The van der Waals surface area contributed by atoms with Crippen molar-refractivity contribution in [1.82, 2.24) is 0 Å². The fourth-order valence-corrected chi connectivity index (χ4v) is 3.55. The zero-order valence-corrected chi connectivity index (χ0v) is 18.5. The monoisotopic (exact) mass is 455 g/mol. The van der Waals surface area contributed by atoms with E-state index in [-0.39, 0.29) is 11.7 Å². The maximum atomic E-state index is 13.3. The largest absolute Gasteiger partial charge is 0.434 e. The molecule has 3 nitrogen and oxygen atoms in total. The minimum Gasteiger partial charge on any atom is -0.434 e. The number of nitrogens with one attached hydrogen (secondary N) is 1. The van der Waals surface area contributed by atoms with Gasteiger partial charge in [0.15, 0.2) is 0 Å². The van der Waals surface area contributed by atoms with Crippen LogP contribution in [0, 0.1) is 6.92 Å². The van der Waals surface area contributed by atoms with Gasteiger partial charge in [-0.2, -0.15) is 8.78 Å². The van der Waals surface area contributed by atoms with Crippen LogP contribution in [0.4, 0.5) is 14.5 Å². The molecule has 0 aliphatic rings. The van der Waals surface area contributed by atoms with E-state index in [4.69, 9.17) is 0 Å². The van der Waals surface area contributed by atoms with Crippen LogP contribution >= 0.6 is 0 Å². The van der Waals surface area contributed by atoms with Gasteiger partial charge < -0.3 is 10.1 Å². The van der Waals surface area contributed by atoms with Gasteiger partial charge in [0.2, 0.25) is 0 Å². The summed E-state index contributed by atoms with van der Waals surface area (Å²) in [7, 11) is 0. The summed E-state index contributed by atoms with van der Waals surface area (Å²) in [4.78, 5) is 13.3. The number of rotatable bonds is 7. The summed E-state index contributed by atoms with van der Waals surface area (Å²) >= 11 is 0. The number of carbonyl (C=O) groups excluding carboxylic acids is 1. The summed E-state index contributed by atoms with van der Waals surface area (Å²) in [6.07, 6.45) is 1.57. The Morgan fingerprint density at radius 3 is 2.09 bits per heavy atom. The van der Waals surface area contributed by atoms with Crippen molar-refractivity contribution < 1.29 is 18.3 Å². The summed E-state index contributed by atoms with van der Waals surface area (Å²) in [5, 5.41) is 2.90. The van der Waals surface area contributed by atoms with Crippen LogP contribution in [0.1, 0.15) is 16.7 Å².